The smallest absolute Gasteiger partial charge is 0.168 e. The molecule has 0 atom stereocenters. The van der Waals surface area contributed by atoms with Crippen LogP contribution in [-0.4, -0.2) is 23.4 Å². The maximum Gasteiger partial charge on any atom is 0.168 e. The van der Waals surface area contributed by atoms with E-state index in [2.05, 4.69) is 10.3 Å². The molecule has 0 amide bonds. The minimum atomic E-state index is -0.0501. The Bertz CT molecular complexity index is 464. The Labute approximate surface area is 114 Å². The summed E-state index contributed by atoms with van der Waals surface area (Å²) in [6, 6.07) is 1.84. The van der Waals surface area contributed by atoms with Crippen molar-refractivity contribution in [2.24, 2.45) is 0 Å². The van der Waals surface area contributed by atoms with E-state index >= 15 is 0 Å². The molecule has 1 aromatic rings. The zero-order valence-electron chi connectivity index (χ0n) is 11.8. The number of nitrogens with one attached hydrogen (secondary N) is 1. The minimum absolute atomic E-state index is 0.0501. The van der Waals surface area contributed by atoms with E-state index in [1.807, 2.05) is 20.0 Å². The molecule has 0 bridgehead atoms. The highest BCUT2D eigenvalue weighted by molar-refractivity contribution is 6.00. The first-order chi connectivity index (χ1) is 9.06. The van der Waals surface area contributed by atoms with Gasteiger partial charge in [0.05, 0.1) is 5.56 Å². The zero-order valence-corrected chi connectivity index (χ0v) is 11.8. The highest BCUT2D eigenvalue weighted by atomic mass is 16.1. The van der Waals surface area contributed by atoms with Crippen LogP contribution >= 0.6 is 0 Å². The van der Waals surface area contributed by atoms with Crippen LogP contribution in [0.25, 0.3) is 0 Å². The molecule has 4 nitrogen and oxygen atoms in total. The number of nitrogens with zero attached hydrogens (tertiary/aromatic N) is 1. The van der Waals surface area contributed by atoms with Crippen LogP contribution in [0.4, 0.5) is 5.82 Å². The van der Waals surface area contributed by atoms with Gasteiger partial charge in [-0.15, -0.1) is 0 Å². The van der Waals surface area contributed by atoms with Gasteiger partial charge in [-0.05, 0) is 38.4 Å². The Morgan fingerprint density at radius 1 is 1.42 bits per heavy atom. The fourth-order valence-corrected chi connectivity index (χ4v) is 2.95. The van der Waals surface area contributed by atoms with Gasteiger partial charge in [0.1, 0.15) is 5.82 Å². The average Bonchev–Trinajstić information content (AvgIpc) is 2.42. The second-order valence-electron chi connectivity index (χ2n) is 5.64. The third-order valence-corrected chi connectivity index (χ3v) is 4.20. The third kappa shape index (κ3) is 3.13. The summed E-state index contributed by atoms with van der Waals surface area (Å²) in [5, 5.41) is 3.37. The van der Waals surface area contributed by atoms with E-state index in [-0.39, 0.29) is 11.3 Å². The number of anilines is 1. The molecule has 0 unspecified atom stereocenters. The maximum absolute atomic E-state index is 12.5. The fraction of sp³-hybridized carbons (Fsp3) is 0.600. The quantitative estimate of drug-likeness (QED) is 0.817. The molecule has 1 fully saturated rings. The highest BCUT2D eigenvalue weighted by Gasteiger charge is 2.33. The summed E-state index contributed by atoms with van der Waals surface area (Å²) in [6.45, 7) is 1.93. The number of pyridine rings is 1. The Balaban J connectivity index is 2.17. The van der Waals surface area contributed by atoms with E-state index in [0.29, 0.717) is 17.8 Å². The van der Waals surface area contributed by atoms with Gasteiger partial charge in [0.25, 0.3) is 0 Å². The van der Waals surface area contributed by atoms with Crippen LogP contribution in [-0.2, 0) is 0 Å². The maximum atomic E-state index is 12.5. The molecular weight excluding hydrogens is 238 g/mol. The first-order valence-electron chi connectivity index (χ1n) is 7.00. The van der Waals surface area contributed by atoms with Gasteiger partial charge >= 0.3 is 0 Å². The number of Topliss-reactive ketones (excluding diaryl/α,β-unsaturated/α-hetero) is 1. The number of hydrogen-bond acceptors (Lipinski definition) is 4. The number of nitrogens with two attached hydrogens (primary N) is 1. The molecule has 0 aromatic carbocycles. The summed E-state index contributed by atoms with van der Waals surface area (Å²) >= 11 is 0. The van der Waals surface area contributed by atoms with E-state index < -0.39 is 0 Å². The average molecular weight is 261 g/mol. The Morgan fingerprint density at radius 3 is 2.74 bits per heavy atom. The standard InChI is InChI=1S/C15H23N3O/c1-11-8-12(14(16)18-10-11)13(19)9-15(17-2)6-4-3-5-7-15/h8,10,17H,3-7,9H2,1-2H3,(H2,16,18). The van der Waals surface area contributed by atoms with Crippen molar-refractivity contribution in [3.05, 3.63) is 23.4 Å². The lowest BCUT2D eigenvalue weighted by Crippen LogP contribution is -2.46. The summed E-state index contributed by atoms with van der Waals surface area (Å²) in [7, 11) is 1.95. The Hall–Kier alpha value is -1.42. The van der Waals surface area contributed by atoms with Crippen LogP contribution in [0.3, 0.4) is 0 Å². The van der Waals surface area contributed by atoms with Gasteiger partial charge in [-0.25, -0.2) is 4.98 Å². The van der Waals surface area contributed by atoms with Gasteiger partial charge in [-0.2, -0.15) is 0 Å². The SMILES string of the molecule is CNC1(CC(=O)c2cc(C)cnc2N)CCCCC1. The topological polar surface area (TPSA) is 68.0 Å². The number of aryl methyl sites for hydroxylation is 1. The van der Waals surface area contributed by atoms with Crippen molar-refractivity contribution >= 4 is 11.6 Å². The van der Waals surface area contributed by atoms with E-state index in [4.69, 9.17) is 5.73 Å². The third-order valence-electron chi connectivity index (χ3n) is 4.20. The summed E-state index contributed by atoms with van der Waals surface area (Å²) < 4.78 is 0. The minimum Gasteiger partial charge on any atom is -0.383 e. The number of rotatable bonds is 4. The molecule has 1 heterocycles. The van der Waals surface area contributed by atoms with Crippen LogP contribution in [0.1, 0.15) is 54.4 Å². The van der Waals surface area contributed by atoms with Crippen LogP contribution in [0.2, 0.25) is 0 Å². The zero-order chi connectivity index (χ0) is 13.9. The normalized spacial score (nSPS) is 18.2. The number of ketones is 1. The first kappa shape index (κ1) is 14.0. The molecule has 0 spiro atoms. The second-order valence-corrected chi connectivity index (χ2v) is 5.64. The number of nitrogen functional groups attached to an aromatic ring is 1. The van der Waals surface area contributed by atoms with E-state index in [0.717, 1.165) is 18.4 Å². The van der Waals surface area contributed by atoms with Crippen LogP contribution in [0.5, 0.6) is 0 Å². The number of hydrogen-bond donors (Lipinski definition) is 2. The van der Waals surface area contributed by atoms with Gasteiger partial charge < -0.3 is 11.1 Å². The van der Waals surface area contributed by atoms with Crippen molar-refractivity contribution in [3.63, 3.8) is 0 Å². The number of aromatic nitrogens is 1. The molecule has 1 aromatic heterocycles. The number of carbonyl (C=O) groups is 1. The van der Waals surface area contributed by atoms with Crippen molar-refractivity contribution in [2.75, 3.05) is 12.8 Å². The molecule has 0 radical (unpaired) electrons. The molecule has 1 saturated carbocycles. The monoisotopic (exact) mass is 261 g/mol. The van der Waals surface area contributed by atoms with Gasteiger partial charge in [-0.1, -0.05) is 19.3 Å². The lowest BCUT2D eigenvalue weighted by molar-refractivity contribution is 0.0915. The Morgan fingerprint density at radius 2 is 2.11 bits per heavy atom. The van der Waals surface area contributed by atoms with Crippen molar-refractivity contribution in [3.8, 4) is 0 Å². The predicted octanol–water partition coefficient (Wildman–Crippen LogP) is 2.47. The van der Waals surface area contributed by atoms with E-state index in [1.165, 1.54) is 19.3 Å². The summed E-state index contributed by atoms with van der Waals surface area (Å²) in [5.41, 5.74) is 7.32. The summed E-state index contributed by atoms with van der Waals surface area (Å²) in [5.74, 6) is 0.447. The van der Waals surface area contributed by atoms with Crippen LogP contribution in [0, 0.1) is 6.92 Å². The van der Waals surface area contributed by atoms with Crippen molar-refractivity contribution < 1.29 is 4.79 Å². The van der Waals surface area contributed by atoms with Gasteiger partial charge in [-0.3, -0.25) is 4.79 Å². The second kappa shape index (κ2) is 5.70. The molecule has 2 rings (SSSR count). The molecule has 4 heteroatoms. The Kier molecular flexibility index (Phi) is 4.20. The van der Waals surface area contributed by atoms with Crippen molar-refractivity contribution in [1.29, 1.82) is 0 Å². The predicted molar refractivity (Wildman–Crippen MR) is 77.2 cm³/mol. The fourth-order valence-electron chi connectivity index (χ4n) is 2.95. The molecule has 0 aliphatic heterocycles. The van der Waals surface area contributed by atoms with Crippen LogP contribution < -0.4 is 11.1 Å². The van der Waals surface area contributed by atoms with Crippen LogP contribution in [0.15, 0.2) is 12.3 Å². The molecule has 19 heavy (non-hydrogen) atoms. The highest BCUT2D eigenvalue weighted by Crippen LogP contribution is 2.32. The molecular formula is C15H23N3O. The summed E-state index contributed by atoms with van der Waals surface area (Å²) in [4.78, 5) is 16.6. The first-order valence-corrected chi connectivity index (χ1v) is 7.00. The van der Waals surface area contributed by atoms with Gasteiger partial charge in [0.2, 0.25) is 0 Å². The van der Waals surface area contributed by atoms with Gasteiger partial charge in [0.15, 0.2) is 5.78 Å². The molecule has 1 aliphatic rings. The molecule has 0 saturated heterocycles. The lowest BCUT2D eigenvalue weighted by Gasteiger charge is -2.36. The molecule has 1 aliphatic carbocycles. The van der Waals surface area contributed by atoms with E-state index in [9.17, 15) is 4.79 Å². The van der Waals surface area contributed by atoms with E-state index in [1.54, 1.807) is 6.20 Å². The van der Waals surface area contributed by atoms with Crippen molar-refractivity contribution in [2.45, 2.75) is 51.0 Å². The molecule has 104 valence electrons. The molecule has 3 N–H and O–H groups in total. The lowest BCUT2D eigenvalue weighted by atomic mass is 9.77. The van der Waals surface area contributed by atoms with Crippen molar-refractivity contribution in [1.82, 2.24) is 10.3 Å². The number of carbonyl (C=O) groups excluding carboxylic acids is 1. The van der Waals surface area contributed by atoms with Gasteiger partial charge in [0, 0.05) is 18.2 Å². The summed E-state index contributed by atoms with van der Waals surface area (Å²) in [6.07, 6.45) is 7.99. The largest absolute Gasteiger partial charge is 0.383 e.